The van der Waals surface area contributed by atoms with Gasteiger partial charge in [-0.2, -0.15) is 0 Å². The average molecular weight is 821 g/mol. The molecule has 0 atom stereocenters. The summed E-state index contributed by atoms with van der Waals surface area (Å²) in [6, 6.07) is 80.5. The van der Waals surface area contributed by atoms with Crippen LogP contribution in [-0.4, -0.2) is 4.57 Å². The Kier molecular flexibility index (Phi) is 7.26. The molecule has 10 aromatic carbocycles. The second-order valence-corrected chi connectivity index (χ2v) is 17.8. The molecule has 1 aliphatic heterocycles. The van der Waals surface area contributed by atoms with E-state index in [0.717, 1.165) is 55.7 Å². The molecule has 294 valence electrons. The fourth-order valence-electron chi connectivity index (χ4n) is 11.1. The summed E-state index contributed by atoms with van der Waals surface area (Å²) in [5, 5.41) is 7.24. The lowest BCUT2D eigenvalue weighted by Gasteiger charge is -2.46. The van der Waals surface area contributed by atoms with Crippen LogP contribution >= 0.6 is 11.8 Å². The van der Waals surface area contributed by atoms with Crippen LogP contribution in [0.3, 0.4) is 0 Å². The molecule has 0 unspecified atom stereocenters. The Bertz CT molecular complexity index is 3810. The van der Waals surface area contributed by atoms with E-state index in [-0.39, 0.29) is 0 Å². The average Bonchev–Trinajstić information content (AvgIpc) is 3.89. The normalized spacial score (nSPS) is 13.5. The molecule has 0 fully saturated rings. The van der Waals surface area contributed by atoms with Crippen molar-refractivity contribution in [1.82, 2.24) is 4.57 Å². The quantitative estimate of drug-likeness (QED) is 0.176. The highest BCUT2D eigenvalue weighted by Gasteiger charge is 2.48. The van der Waals surface area contributed by atoms with Crippen molar-refractivity contribution in [1.29, 1.82) is 0 Å². The Morgan fingerprint density at radius 1 is 0.397 bits per heavy atom. The summed E-state index contributed by atoms with van der Waals surface area (Å²) < 4.78 is 8.89. The summed E-state index contributed by atoms with van der Waals surface area (Å²) in [6.45, 7) is 0. The van der Waals surface area contributed by atoms with E-state index in [2.05, 4.69) is 222 Å². The largest absolute Gasteiger partial charge is 0.456 e. The van der Waals surface area contributed by atoms with Crippen molar-refractivity contribution in [3.63, 3.8) is 0 Å². The van der Waals surface area contributed by atoms with Crippen molar-refractivity contribution in [3.8, 4) is 16.8 Å². The molecule has 1 aliphatic carbocycles. The number of aromatic nitrogens is 1. The number of nitrogens with zero attached hydrogens (tertiary/aromatic N) is 2. The number of anilines is 3. The highest BCUT2D eigenvalue weighted by molar-refractivity contribution is 7.99. The molecule has 3 nitrogen and oxygen atoms in total. The zero-order valence-corrected chi connectivity index (χ0v) is 34.8. The van der Waals surface area contributed by atoms with Crippen LogP contribution in [0.2, 0.25) is 0 Å². The first-order valence-electron chi connectivity index (χ1n) is 21.6. The molecule has 12 aromatic rings. The number of fused-ring (bicyclic) bond motifs is 14. The van der Waals surface area contributed by atoms with Crippen molar-refractivity contribution >= 4 is 83.3 Å². The van der Waals surface area contributed by atoms with Crippen LogP contribution in [-0.2, 0) is 5.41 Å². The molecule has 0 radical (unpaired) electrons. The molecule has 2 aromatic heterocycles. The molecule has 0 saturated carbocycles. The van der Waals surface area contributed by atoms with Crippen LogP contribution in [0.4, 0.5) is 17.1 Å². The molecule has 0 bridgehead atoms. The molecule has 0 amide bonds. The minimum absolute atomic E-state index is 0.553. The van der Waals surface area contributed by atoms with Crippen molar-refractivity contribution < 1.29 is 4.42 Å². The maximum absolute atomic E-state index is 6.45. The summed E-state index contributed by atoms with van der Waals surface area (Å²) in [7, 11) is 0. The maximum atomic E-state index is 6.45. The Morgan fingerprint density at radius 3 is 1.87 bits per heavy atom. The van der Waals surface area contributed by atoms with Gasteiger partial charge in [-0.25, -0.2) is 0 Å². The summed E-state index contributed by atoms with van der Waals surface area (Å²) in [4.78, 5) is 5.03. The van der Waals surface area contributed by atoms with Crippen LogP contribution in [0.5, 0.6) is 0 Å². The third-order valence-corrected chi connectivity index (χ3v) is 14.8. The molecule has 0 N–H and O–H groups in total. The maximum Gasteiger partial charge on any atom is 0.137 e. The molecule has 63 heavy (non-hydrogen) atoms. The van der Waals surface area contributed by atoms with Crippen LogP contribution in [0.1, 0.15) is 22.3 Å². The highest BCUT2D eigenvalue weighted by Crippen LogP contribution is 2.62. The number of furan rings is 1. The molecule has 14 rings (SSSR count). The Balaban J connectivity index is 1.07. The SMILES string of the molecule is c1ccc(N(c2ccc3c(c2)C2(c4ccccc4Sc4ccccc42)c2cccc4cccc-3c24)c2ccc3c4ccccc4n(-c4cccc5oc6ccccc6c45)c3c2)cc1. The Labute approximate surface area is 368 Å². The molecule has 1 spiro atoms. The van der Waals surface area contributed by atoms with Crippen LogP contribution in [0, 0.1) is 0 Å². The van der Waals surface area contributed by atoms with Crippen molar-refractivity contribution in [2.45, 2.75) is 15.2 Å². The van der Waals surface area contributed by atoms with Crippen LogP contribution in [0.15, 0.2) is 233 Å². The fraction of sp³-hybridized carbons (Fsp3) is 0.0169. The first-order chi connectivity index (χ1) is 31.3. The lowest BCUT2D eigenvalue weighted by Crippen LogP contribution is -2.36. The number of hydrogen-bond acceptors (Lipinski definition) is 3. The van der Waals surface area contributed by atoms with Gasteiger partial charge in [-0.1, -0.05) is 157 Å². The van der Waals surface area contributed by atoms with Gasteiger partial charge in [-0.3, -0.25) is 0 Å². The van der Waals surface area contributed by atoms with Crippen LogP contribution in [0.25, 0.3) is 71.3 Å². The van der Waals surface area contributed by atoms with E-state index in [1.165, 1.54) is 64.7 Å². The fourth-order valence-corrected chi connectivity index (χ4v) is 12.3. The third kappa shape index (κ3) is 4.76. The first-order valence-corrected chi connectivity index (χ1v) is 22.4. The van der Waals surface area contributed by atoms with E-state index >= 15 is 0 Å². The van der Waals surface area contributed by atoms with Gasteiger partial charge in [-0.05, 0) is 117 Å². The van der Waals surface area contributed by atoms with E-state index in [4.69, 9.17) is 4.42 Å². The molecular weight excluding hydrogens is 785 g/mol. The second kappa shape index (κ2) is 13.1. The zero-order valence-electron chi connectivity index (χ0n) is 34.0. The first kappa shape index (κ1) is 34.9. The van der Waals surface area contributed by atoms with Gasteiger partial charge < -0.3 is 13.9 Å². The number of rotatable bonds is 4. The molecule has 2 aliphatic rings. The van der Waals surface area contributed by atoms with Gasteiger partial charge in [0.1, 0.15) is 11.2 Å². The number of benzene rings is 10. The Hall–Kier alpha value is -7.79. The lowest BCUT2D eigenvalue weighted by molar-refractivity contribution is 0.669. The van der Waals surface area contributed by atoms with Gasteiger partial charge in [-0.15, -0.1) is 0 Å². The molecular formula is C59H36N2OS. The predicted octanol–water partition coefficient (Wildman–Crippen LogP) is 16.1. The third-order valence-electron chi connectivity index (χ3n) is 13.6. The minimum Gasteiger partial charge on any atom is -0.456 e. The summed E-state index contributed by atoms with van der Waals surface area (Å²) in [5.74, 6) is 0. The molecule has 0 saturated heterocycles. The van der Waals surface area contributed by atoms with Gasteiger partial charge in [0.2, 0.25) is 0 Å². The Morgan fingerprint density at radius 2 is 1.03 bits per heavy atom. The van der Waals surface area contributed by atoms with Crippen molar-refractivity contribution in [2.24, 2.45) is 0 Å². The summed E-state index contributed by atoms with van der Waals surface area (Å²) in [6.07, 6.45) is 0. The smallest absolute Gasteiger partial charge is 0.137 e. The predicted molar refractivity (Wildman–Crippen MR) is 262 cm³/mol. The standard InChI is InChI=1S/C59H36N2OS/c1-2-17-38(18-3-1)60(40-32-34-43-42-19-4-8-25-50(42)61(52(43)36-40)51-26-14-28-54-58(51)45-20-5-9-27-53(45)62-54)39-31-33-41-44-21-12-15-37-16-13-24-48(57(37)44)59(49(41)35-39)46-22-6-10-29-55(46)63-56-30-11-7-23-47(56)59/h1-36H. The van der Waals surface area contributed by atoms with E-state index < -0.39 is 5.41 Å². The van der Waals surface area contributed by atoms with Crippen molar-refractivity contribution in [3.05, 3.63) is 241 Å². The van der Waals surface area contributed by atoms with E-state index in [1.54, 1.807) is 0 Å². The highest BCUT2D eigenvalue weighted by atomic mass is 32.2. The van der Waals surface area contributed by atoms with Crippen molar-refractivity contribution in [2.75, 3.05) is 4.90 Å². The molecule has 4 heteroatoms. The summed E-state index contributed by atoms with van der Waals surface area (Å²) in [5.41, 5.74) is 15.7. The van der Waals surface area contributed by atoms with Gasteiger partial charge in [0, 0.05) is 43.0 Å². The van der Waals surface area contributed by atoms with E-state index in [9.17, 15) is 0 Å². The monoisotopic (exact) mass is 820 g/mol. The van der Waals surface area contributed by atoms with Gasteiger partial charge in [0.25, 0.3) is 0 Å². The van der Waals surface area contributed by atoms with Gasteiger partial charge in [0.15, 0.2) is 0 Å². The molecule has 3 heterocycles. The number of hydrogen-bond donors (Lipinski definition) is 0. The summed E-state index contributed by atoms with van der Waals surface area (Å²) >= 11 is 1.89. The van der Waals surface area contributed by atoms with E-state index in [1.807, 2.05) is 17.8 Å². The lowest BCUT2D eigenvalue weighted by atomic mass is 9.59. The minimum atomic E-state index is -0.553. The van der Waals surface area contributed by atoms with Crippen LogP contribution < -0.4 is 4.90 Å². The van der Waals surface area contributed by atoms with Gasteiger partial charge >= 0.3 is 0 Å². The van der Waals surface area contributed by atoms with E-state index in [0.29, 0.717) is 0 Å². The topological polar surface area (TPSA) is 21.3 Å². The number of para-hydroxylation sites is 3. The van der Waals surface area contributed by atoms with Gasteiger partial charge in [0.05, 0.1) is 27.5 Å². The second-order valence-electron chi connectivity index (χ2n) is 16.8. The zero-order chi connectivity index (χ0) is 41.2.